The van der Waals surface area contributed by atoms with Crippen molar-refractivity contribution in [2.45, 2.75) is 32.4 Å². The SMILES string of the molecule is COc1cc(F)ccc1-c1ncnc(Nc2cccc(CS(=O)(=O)NCCCCNC(=O)OCC(C)C)c2)n1. The number of nitrogens with zero attached hydrogens (tertiary/aromatic N) is 3. The van der Waals surface area contributed by atoms with Gasteiger partial charge in [0.05, 0.1) is 25.0 Å². The molecular weight excluding hydrogens is 527 g/mol. The zero-order chi connectivity index (χ0) is 28.3. The summed E-state index contributed by atoms with van der Waals surface area (Å²) in [5, 5.41) is 5.68. The third-order valence-electron chi connectivity index (χ3n) is 5.26. The molecule has 1 aromatic heterocycles. The summed E-state index contributed by atoms with van der Waals surface area (Å²) < 4.78 is 51.5. The Morgan fingerprint density at radius 2 is 1.87 bits per heavy atom. The number of benzene rings is 2. The highest BCUT2D eigenvalue weighted by molar-refractivity contribution is 7.88. The molecule has 2 aromatic carbocycles. The Bertz CT molecular complexity index is 1360. The Kier molecular flexibility index (Phi) is 10.9. The van der Waals surface area contributed by atoms with Gasteiger partial charge in [-0.25, -0.2) is 32.3 Å². The number of carbonyl (C=O) groups excluding carboxylic acids is 1. The number of amides is 1. The van der Waals surface area contributed by atoms with Crippen LogP contribution >= 0.6 is 0 Å². The molecule has 0 fully saturated rings. The summed E-state index contributed by atoms with van der Waals surface area (Å²) >= 11 is 0. The molecule has 0 saturated carbocycles. The summed E-state index contributed by atoms with van der Waals surface area (Å²) in [4.78, 5) is 24.2. The van der Waals surface area contributed by atoms with E-state index in [1.807, 2.05) is 13.8 Å². The monoisotopic (exact) mass is 560 g/mol. The number of anilines is 2. The molecule has 0 aliphatic heterocycles. The van der Waals surface area contributed by atoms with E-state index in [0.29, 0.717) is 42.8 Å². The van der Waals surface area contributed by atoms with E-state index in [9.17, 15) is 17.6 Å². The summed E-state index contributed by atoms with van der Waals surface area (Å²) in [5.74, 6) is 0.405. The number of hydrogen-bond acceptors (Lipinski definition) is 9. The van der Waals surface area contributed by atoms with Crippen LogP contribution in [0.15, 0.2) is 48.8 Å². The molecule has 13 heteroatoms. The molecule has 0 spiro atoms. The average Bonchev–Trinajstić information content (AvgIpc) is 2.89. The van der Waals surface area contributed by atoms with E-state index < -0.39 is 21.9 Å². The van der Waals surface area contributed by atoms with E-state index in [4.69, 9.17) is 9.47 Å². The van der Waals surface area contributed by atoms with Crippen molar-refractivity contribution in [1.82, 2.24) is 25.0 Å². The Morgan fingerprint density at radius 3 is 2.64 bits per heavy atom. The number of halogens is 1. The molecule has 1 heterocycles. The number of aromatic nitrogens is 3. The minimum atomic E-state index is -3.58. The Hall–Kier alpha value is -3.84. The molecule has 0 atom stereocenters. The number of alkyl carbamates (subject to hydrolysis) is 1. The first-order valence-corrected chi connectivity index (χ1v) is 14.1. The van der Waals surface area contributed by atoms with Crippen LogP contribution in [0.2, 0.25) is 0 Å². The Labute approximate surface area is 227 Å². The maximum atomic E-state index is 13.5. The Morgan fingerprint density at radius 1 is 1.08 bits per heavy atom. The smallest absolute Gasteiger partial charge is 0.407 e. The molecule has 210 valence electrons. The van der Waals surface area contributed by atoms with Crippen molar-refractivity contribution in [2.24, 2.45) is 5.92 Å². The lowest BCUT2D eigenvalue weighted by atomic mass is 10.2. The van der Waals surface area contributed by atoms with Crippen LogP contribution in [-0.2, 0) is 20.5 Å². The second-order valence-electron chi connectivity index (χ2n) is 9.08. The van der Waals surface area contributed by atoms with Crippen LogP contribution in [-0.4, -0.2) is 56.3 Å². The summed E-state index contributed by atoms with van der Waals surface area (Å²) in [6.07, 6.45) is 2.01. The van der Waals surface area contributed by atoms with Gasteiger partial charge in [0.25, 0.3) is 0 Å². The number of rotatable bonds is 14. The molecule has 3 rings (SSSR count). The van der Waals surface area contributed by atoms with Gasteiger partial charge in [-0.15, -0.1) is 0 Å². The van der Waals surface area contributed by atoms with Crippen molar-refractivity contribution >= 4 is 27.8 Å². The van der Waals surface area contributed by atoms with Gasteiger partial charge in [-0.2, -0.15) is 4.98 Å². The Balaban J connectivity index is 1.51. The van der Waals surface area contributed by atoms with Gasteiger partial charge in [0.1, 0.15) is 17.9 Å². The lowest BCUT2D eigenvalue weighted by Gasteiger charge is -2.11. The maximum Gasteiger partial charge on any atom is 0.407 e. The number of methoxy groups -OCH3 is 1. The minimum absolute atomic E-state index is 0.211. The molecule has 39 heavy (non-hydrogen) atoms. The first-order chi connectivity index (χ1) is 18.6. The number of hydrogen-bond donors (Lipinski definition) is 3. The third kappa shape index (κ3) is 10.1. The normalized spacial score (nSPS) is 11.3. The first kappa shape index (κ1) is 29.7. The van der Waals surface area contributed by atoms with E-state index in [1.54, 1.807) is 24.3 Å². The molecule has 3 N–H and O–H groups in total. The van der Waals surface area contributed by atoms with E-state index in [0.717, 1.165) is 0 Å². The minimum Gasteiger partial charge on any atom is -0.496 e. The fraction of sp³-hybridized carbons (Fsp3) is 0.385. The lowest BCUT2D eigenvalue weighted by molar-refractivity contribution is 0.133. The molecule has 11 nitrogen and oxygen atoms in total. The van der Waals surface area contributed by atoms with Crippen molar-refractivity contribution < 1.29 is 27.1 Å². The quantitative estimate of drug-likeness (QED) is 0.249. The molecule has 0 saturated heterocycles. The largest absolute Gasteiger partial charge is 0.496 e. The molecule has 3 aromatic rings. The topological polar surface area (TPSA) is 144 Å². The van der Waals surface area contributed by atoms with Crippen molar-refractivity contribution in [2.75, 3.05) is 32.1 Å². The molecular formula is C26H33FN6O5S. The van der Waals surface area contributed by atoms with Crippen LogP contribution in [0.5, 0.6) is 5.75 Å². The predicted molar refractivity (Wildman–Crippen MR) is 146 cm³/mol. The van der Waals surface area contributed by atoms with Gasteiger partial charge < -0.3 is 20.1 Å². The summed E-state index contributed by atoms with van der Waals surface area (Å²) in [5.41, 5.74) is 1.65. The number of carbonyl (C=O) groups is 1. The summed E-state index contributed by atoms with van der Waals surface area (Å²) in [6.45, 7) is 4.91. The number of sulfonamides is 1. The number of nitrogens with one attached hydrogen (secondary N) is 3. The van der Waals surface area contributed by atoms with E-state index in [-0.39, 0.29) is 35.7 Å². The highest BCUT2D eigenvalue weighted by atomic mass is 32.2. The lowest BCUT2D eigenvalue weighted by Crippen LogP contribution is -2.29. The van der Waals surface area contributed by atoms with Gasteiger partial charge in [0.2, 0.25) is 16.0 Å². The molecule has 0 aliphatic rings. The third-order valence-corrected chi connectivity index (χ3v) is 6.62. The fourth-order valence-corrected chi connectivity index (χ4v) is 4.61. The van der Waals surface area contributed by atoms with Crippen LogP contribution in [0.1, 0.15) is 32.3 Å². The van der Waals surface area contributed by atoms with E-state index in [1.165, 1.54) is 31.6 Å². The van der Waals surface area contributed by atoms with Gasteiger partial charge in [0.15, 0.2) is 5.82 Å². The molecule has 0 aliphatic carbocycles. The first-order valence-electron chi connectivity index (χ1n) is 12.4. The zero-order valence-corrected chi connectivity index (χ0v) is 22.9. The summed E-state index contributed by atoms with van der Waals surface area (Å²) in [7, 11) is -2.15. The molecule has 0 bridgehead atoms. The van der Waals surface area contributed by atoms with Gasteiger partial charge in [-0.05, 0) is 48.6 Å². The van der Waals surface area contributed by atoms with Crippen molar-refractivity contribution in [1.29, 1.82) is 0 Å². The van der Waals surface area contributed by atoms with Gasteiger partial charge in [-0.3, -0.25) is 0 Å². The van der Waals surface area contributed by atoms with Crippen LogP contribution in [0, 0.1) is 11.7 Å². The number of unbranched alkanes of at least 4 members (excludes halogenated alkanes) is 1. The highest BCUT2D eigenvalue weighted by Gasteiger charge is 2.14. The van der Waals surface area contributed by atoms with Gasteiger partial charge >= 0.3 is 6.09 Å². The van der Waals surface area contributed by atoms with Crippen molar-refractivity contribution in [3.63, 3.8) is 0 Å². The second-order valence-corrected chi connectivity index (χ2v) is 10.9. The number of ether oxygens (including phenoxy) is 2. The van der Waals surface area contributed by atoms with Crippen molar-refractivity contribution in [3.8, 4) is 17.1 Å². The molecule has 0 unspecified atom stereocenters. The van der Waals surface area contributed by atoms with Crippen LogP contribution in [0.3, 0.4) is 0 Å². The van der Waals surface area contributed by atoms with Crippen LogP contribution < -0.4 is 20.1 Å². The maximum absolute atomic E-state index is 13.5. The van der Waals surface area contributed by atoms with Gasteiger partial charge in [0, 0.05) is 24.8 Å². The zero-order valence-electron chi connectivity index (χ0n) is 22.1. The fourth-order valence-electron chi connectivity index (χ4n) is 3.44. The van der Waals surface area contributed by atoms with E-state index in [2.05, 4.69) is 30.3 Å². The average molecular weight is 561 g/mol. The summed E-state index contributed by atoms with van der Waals surface area (Å²) in [6, 6.07) is 10.9. The van der Waals surface area contributed by atoms with Crippen LogP contribution in [0.25, 0.3) is 11.4 Å². The highest BCUT2D eigenvalue weighted by Crippen LogP contribution is 2.28. The second kappa shape index (κ2) is 14.4. The standard InChI is InChI=1S/C26H33FN6O5S/c1-18(2)15-38-26(34)28-11-4-5-12-31-39(35,36)16-19-7-6-8-21(13-19)32-25-30-17-29-24(33-25)22-10-9-20(27)14-23(22)37-3/h6-10,13-14,17-18,31H,4-5,11-12,15-16H2,1-3H3,(H,28,34)(H,29,30,32,33). The predicted octanol–water partition coefficient (Wildman–Crippen LogP) is 4.01. The van der Waals surface area contributed by atoms with Gasteiger partial charge in [-0.1, -0.05) is 26.0 Å². The van der Waals surface area contributed by atoms with Crippen molar-refractivity contribution in [3.05, 3.63) is 60.2 Å². The molecule has 0 radical (unpaired) electrons. The molecule has 1 amide bonds. The van der Waals surface area contributed by atoms with E-state index >= 15 is 0 Å². The van der Waals surface area contributed by atoms with Crippen LogP contribution in [0.4, 0.5) is 20.8 Å².